The highest BCUT2D eigenvalue weighted by Gasteiger charge is 2.22. The number of aromatic nitrogens is 2. The Morgan fingerprint density at radius 2 is 1.60 bits per heavy atom. The van der Waals surface area contributed by atoms with Crippen molar-refractivity contribution in [3.63, 3.8) is 0 Å². The molecule has 3 aromatic carbocycles. The van der Waals surface area contributed by atoms with Crippen LogP contribution in [0.3, 0.4) is 0 Å². The lowest BCUT2D eigenvalue weighted by Gasteiger charge is -2.18. The number of nitrogens with zero attached hydrogens (tertiary/aromatic N) is 2. The van der Waals surface area contributed by atoms with E-state index in [1.54, 1.807) is 32.4 Å². The SMILES string of the molecule is COc1ccc(N[C@@H](c2ccc(F)cc2)c2nnc(-c3ccccc3)o2)cc1OC. The van der Waals surface area contributed by atoms with Gasteiger partial charge in [-0.25, -0.2) is 4.39 Å². The number of halogens is 1. The van der Waals surface area contributed by atoms with E-state index in [0.29, 0.717) is 23.3 Å². The van der Waals surface area contributed by atoms with Crippen molar-refractivity contribution in [1.82, 2.24) is 10.2 Å². The summed E-state index contributed by atoms with van der Waals surface area (Å²) >= 11 is 0. The first-order chi connectivity index (χ1) is 14.7. The Hall–Kier alpha value is -3.87. The molecule has 0 bridgehead atoms. The minimum absolute atomic E-state index is 0.320. The summed E-state index contributed by atoms with van der Waals surface area (Å²) in [5, 5.41) is 11.8. The molecule has 1 aromatic heterocycles. The zero-order valence-corrected chi connectivity index (χ0v) is 16.5. The molecular weight excluding hydrogens is 385 g/mol. The van der Waals surface area contributed by atoms with Gasteiger partial charge in [0.1, 0.15) is 11.9 Å². The summed E-state index contributed by atoms with van der Waals surface area (Å²) < 4.78 is 30.1. The predicted octanol–water partition coefficient (Wildman–Crippen LogP) is 5.09. The Labute approximate surface area is 173 Å². The summed E-state index contributed by atoms with van der Waals surface area (Å²) in [6.07, 6.45) is 0. The quantitative estimate of drug-likeness (QED) is 0.462. The zero-order chi connectivity index (χ0) is 20.9. The summed E-state index contributed by atoms with van der Waals surface area (Å²) in [7, 11) is 3.15. The largest absolute Gasteiger partial charge is 0.493 e. The van der Waals surface area contributed by atoms with E-state index in [-0.39, 0.29) is 5.82 Å². The van der Waals surface area contributed by atoms with Crippen molar-refractivity contribution in [2.24, 2.45) is 0 Å². The Morgan fingerprint density at radius 3 is 2.30 bits per heavy atom. The van der Waals surface area contributed by atoms with E-state index in [2.05, 4.69) is 15.5 Å². The van der Waals surface area contributed by atoms with Crippen molar-refractivity contribution in [2.75, 3.05) is 19.5 Å². The summed E-state index contributed by atoms with van der Waals surface area (Å²) in [4.78, 5) is 0. The normalized spacial score (nSPS) is 11.7. The molecule has 0 saturated carbocycles. The molecule has 0 fully saturated rings. The van der Waals surface area contributed by atoms with Crippen molar-refractivity contribution in [3.05, 3.63) is 90.1 Å². The lowest BCUT2D eigenvalue weighted by atomic mass is 10.1. The second-order valence-electron chi connectivity index (χ2n) is 6.51. The summed E-state index contributed by atoms with van der Waals surface area (Å²) in [5.41, 5.74) is 2.34. The highest BCUT2D eigenvalue weighted by molar-refractivity contribution is 5.57. The van der Waals surface area contributed by atoms with Crippen LogP contribution >= 0.6 is 0 Å². The van der Waals surface area contributed by atoms with Crippen molar-refractivity contribution < 1.29 is 18.3 Å². The van der Waals surface area contributed by atoms with Crippen LogP contribution in [-0.2, 0) is 0 Å². The lowest BCUT2D eigenvalue weighted by Crippen LogP contribution is -2.13. The van der Waals surface area contributed by atoms with Gasteiger partial charge in [0.2, 0.25) is 11.8 Å². The molecule has 30 heavy (non-hydrogen) atoms. The van der Waals surface area contributed by atoms with Gasteiger partial charge in [-0.3, -0.25) is 0 Å². The fraction of sp³-hybridized carbons (Fsp3) is 0.130. The summed E-state index contributed by atoms with van der Waals surface area (Å²) in [6.45, 7) is 0. The maximum atomic E-state index is 13.5. The van der Waals surface area contributed by atoms with Gasteiger partial charge in [0.25, 0.3) is 0 Å². The molecule has 6 nitrogen and oxygen atoms in total. The predicted molar refractivity (Wildman–Crippen MR) is 111 cm³/mol. The molecule has 0 radical (unpaired) electrons. The molecule has 0 unspecified atom stereocenters. The van der Waals surface area contributed by atoms with Crippen LogP contribution in [0, 0.1) is 5.82 Å². The molecule has 1 N–H and O–H groups in total. The highest BCUT2D eigenvalue weighted by atomic mass is 19.1. The highest BCUT2D eigenvalue weighted by Crippen LogP contribution is 2.33. The smallest absolute Gasteiger partial charge is 0.247 e. The van der Waals surface area contributed by atoms with Gasteiger partial charge in [0.05, 0.1) is 14.2 Å². The van der Waals surface area contributed by atoms with E-state index in [1.165, 1.54) is 12.1 Å². The maximum Gasteiger partial charge on any atom is 0.247 e. The second-order valence-corrected chi connectivity index (χ2v) is 6.51. The molecule has 0 spiro atoms. The van der Waals surface area contributed by atoms with Gasteiger partial charge in [-0.15, -0.1) is 10.2 Å². The summed E-state index contributed by atoms with van der Waals surface area (Å²) in [5.74, 6) is 1.64. The van der Waals surface area contributed by atoms with Crippen LogP contribution in [0.1, 0.15) is 17.5 Å². The third-order valence-electron chi connectivity index (χ3n) is 4.61. The number of anilines is 1. The molecule has 4 aromatic rings. The first-order valence-corrected chi connectivity index (χ1v) is 9.31. The van der Waals surface area contributed by atoms with E-state index < -0.39 is 6.04 Å². The minimum Gasteiger partial charge on any atom is -0.493 e. The Bertz CT molecular complexity index is 1110. The van der Waals surface area contributed by atoms with Crippen molar-refractivity contribution >= 4 is 5.69 Å². The van der Waals surface area contributed by atoms with Gasteiger partial charge >= 0.3 is 0 Å². The van der Waals surface area contributed by atoms with E-state index in [1.807, 2.05) is 42.5 Å². The fourth-order valence-corrected chi connectivity index (χ4v) is 3.08. The molecule has 152 valence electrons. The van der Waals surface area contributed by atoms with E-state index in [0.717, 1.165) is 16.8 Å². The van der Waals surface area contributed by atoms with Gasteiger partial charge in [-0.05, 0) is 42.0 Å². The number of rotatable bonds is 7. The van der Waals surface area contributed by atoms with Gasteiger partial charge < -0.3 is 19.2 Å². The molecule has 0 saturated heterocycles. The number of hydrogen-bond donors (Lipinski definition) is 1. The Balaban J connectivity index is 1.71. The van der Waals surface area contributed by atoms with Crippen molar-refractivity contribution in [2.45, 2.75) is 6.04 Å². The van der Waals surface area contributed by atoms with E-state index in [9.17, 15) is 4.39 Å². The number of methoxy groups -OCH3 is 2. The molecule has 0 aliphatic heterocycles. The number of ether oxygens (including phenoxy) is 2. The van der Waals surface area contributed by atoms with Crippen LogP contribution in [0.4, 0.5) is 10.1 Å². The van der Waals surface area contributed by atoms with E-state index in [4.69, 9.17) is 13.9 Å². The topological polar surface area (TPSA) is 69.4 Å². The fourth-order valence-electron chi connectivity index (χ4n) is 3.08. The van der Waals surface area contributed by atoms with Gasteiger partial charge in [0, 0.05) is 17.3 Å². The van der Waals surface area contributed by atoms with Crippen LogP contribution in [0.15, 0.2) is 77.2 Å². The Kier molecular flexibility index (Phi) is 5.61. The van der Waals surface area contributed by atoms with Crippen LogP contribution in [-0.4, -0.2) is 24.4 Å². The van der Waals surface area contributed by atoms with Gasteiger partial charge in [0.15, 0.2) is 11.5 Å². The zero-order valence-electron chi connectivity index (χ0n) is 16.5. The molecule has 0 aliphatic rings. The molecule has 7 heteroatoms. The average molecular weight is 405 g/mol. The number of benzene rings is 3. The summed E-state index contributed by atoms with van der Waals surface area (Å²) in [6, 6.07) is 20.6. The third kappa shape index (κ3) is 4.10. The van der Waals surface area contributed by atoms with Crippen LogP contribution in [0.25, 0.3) is 11.5 Å². The molecule has 1 heterocycles. The first kappa shape index (κ1) is 19.4. The molecule has 4 rings (SSSR count). The van der Waals surface area contributed by atoms with Crippen LogP contribution < -0.4 is 14.8 Å². The Morgan fingerprint density at radius 1 is 0.867 bits per heavy atom. The molecule has 0 amide bonds. The van der Waals surface area contributed by atoms with Crippen LogP contribution in [0.2, 0.25) is 0 Å². The molecular formula is C23H20FN3O3. The van der Waals surface area contributed by atoms with E-state index >= 15 is 0 Å². The molecule has 1 atom stereocenters. The van der Waals surface area contributed by atoms with Gasteiger partial charge in [-0.2, -0.15) is 0 Å². The standard InChI is InChI=1S/C23H20FN3O3/c1-28-19-13-12-18(14-20(19)29-2)25-21(15-8-10-17(24)11-9-15)23-27-26-22(30-23)16-6-4-3-5-7-16/h3-14,21,25H,1-2H3/t21-/m0/s1. The molecule has 0 aliphatic carbocycles. The van der Waals surface area contributed by atoms with Crippen LogP contribution in [0.5, 0.6) is 11.5 Å². The average Bonchev–Trinajstić information content (AvgIpc) is 3.28. The number of hydrogen-bond acceptors (Lipinski definition) is 6. The lowest BCUT2D eigenvalue weighted by molar-refractivity contribution is 0.355. The first-order valence-electron chi connectivity index (χ1n) is 9.31. The minimum atomic E-state index is -0.492. The second kappa shape index (κ2) is 8.65. The van der Waals surface area contributed by atoms with Crippen molar-refractivity contribution in [1.29, 1.82) is 0 Å². The maximum absolute atomic E-state index is 13.5. The number of nitrogens with one attached hydrogen (secondary N) is 1. The van der Waals surface area contributed by atoms with Crippen molar-refractivity contribution in [3.8, 4) is 23.0 Å². The monoisotopic (exact) mass is 405 g/mol. The van der Waals surface area contributed by atoms with Gasteiger partial charge in [-0.1, -0.05) is 30.3 Å². The third-order valence-corrected chi connectivity index (χ3v) is 4.61.